The van der Waals surface area contributed by atoms with Gasteiger partial charge in [-0.3, -0.25) is 18.7 Å². The number of hydrogen-bond donors (Lipinski definition) is 0. The fourth-order valence-electron chi connectivity index (χ4n) is 4.20. The van der Waals surface area contributed by atoms with E-state index >= 15 is 0 Å². The van der Waals surface area contributed by atoms with Gasteiger partial charge < -0.3 is 0 Å². The first-order valence-electron chi connectivity index (χ1n) is 10.5. The number of urea groups is 1. The van der Waals surface area contributed by atoms with Crippen LogP contribution in [0.5, 0.6) is 0 Å². The second-order valence-corrected chi connectivity index (χ2v) is 10.0. The van der Waals surface area contributed by atoms with Gasteiger partial charge in [-0.05, 0) is 49.1 Å². The Morgan fingerprint density at radius 3 is 2.39 bits per heavy atom. The van der Waals surface area contributed by atoms with Crippen LogP contribution in [0.1, 0.15) is 40.9 Å². The summed E-state index contributed by atoms with van der Waals surface area (Å²) in [6, 6.07) is 11.9. The maximum Gasteiger partial charge on any atom is 0.335 e. The molecule has 0 bridgehead atoms. The highest BCUT2D eigenvalue weighted by Gasteiger charge is 2.47. The van der Waals surface area contributed by atoms with Gasteiger partial charge in [0.2, 0.25) is 10.0 Å². The molecule has 2 aliphatic rings. The van der Waals surface area contributed by atoms with Gasteiger partial charge in [-0.15, -0.1) is 0 Å². The molecule has 172 valence electrons. The molecular formula is C23H23N3O6S. The van der Waals surface area contributed by atoms with E-state index in [9.17, 15) is 27.6 Å². The quantitative estimate of drug-likeness (QED) is 0.364. The first-order valence-corrected chi connectivity index (χ1v) is 12.3. The summed E-state index contributed by atoms with van der Waals surface area (Å²) in [4.78, 5) is 52.3. The Morgan fingerprint density at radius 1 is 1.03 bits per heavy atom. The number of amides is 4. The van der Waals surface area contributed by atoms with Crippen molar-refractivity contribution in [2.45, 2.75) is 25.8 Å². The highest BCUT2D eigenvalue weighted by Crippen LogP contribution is 2.31. The van der Waals surface area contributed by atoms with Crippen LogP contribution in [0.4, 0.5) is 10.5 Å². The molecule has 0 radical (unpaired) electrons. The minimum absolute atomic E-state index is 0.242. The van der Waals surface area contributed by atoms with E-state index in [0.29, 0.717) is 41.1 Å². The number of imide groups is 2. The largest absolute Gasteiger partial charge is 0.335 e. The number of aryl methyl sites for hydroxylation is 1. The third kappa shape index (κ3) is 4.13. The van der Waals surface area contributed by atoms with E-state index in [1.165, 1.54) is 10.4 Å². The highest BCUT2D eigenvalue weighted by molar-refractivity contribution is 7.92. The summed E-state index contributed by atoms with van der Waals surface area (Å²) < 4.78 is 25.4. The van der Waals surface area contributed by atoms with Gasteiger partial charge in [0, 0.05) is 12.1 Å². The molecule has 0 aliphatic carbocycles. The molecule has 9 nitrogen and oxygen atoms in total. The van der Waals surface area contributed by atoms with Crippen LogP contribution in [0.3, 0.4) is 0 Å². The third-order valence-corrected chi connectivity index (χ3v) is 7.11. The number of benzene rings is 2. The summed E-state index contributed by atoms with van der Waals surface area (Å²) in [6.45, 7) is 1.43. The van der Waals surface area contributed by atoms with E-state index in [1.54, 1.807) is 49.4 Å². The number of Topliss-reactive ketones (excluding diaryl/α,β-unsaturated/α-hetero) is 1. The molecule has 0 saturated carbocycles. The fourth-order valence-corrected chi connectivity index (χ4v) is 5.20. The molecule has 1 fully saturated rings. The van der Waals surface area contributed by atoms with Gasteiger partial charge in [0.25, 0.3) is 0 Å². The summed E-state index contributed by atoms with van der Waals surface area (Å²) in [5.74, 6) is -2.53. The lowest BCUT2D eigenvalue weighted by molar-refractivity contribution is -0.143. The van der Waals surface area contributed by atoms with Crippen LogP contribution in [0, 0.1) is 0 Å². The van der Waals surface area contributed by atoms with Gasteiger partial charge >= 0.3 is 17.8 Å². The predicted octanol–water partition coefficient (Wildman–Crippen LogP) is 2.13. The first kappa shape index (κ1) is 22.7. The van der Waals surface area contributed by atoms with E-state index in [1.807, 2.05) is 0 Å². The van der Waals surface area contributed by atoms with Crippen LogP contribution in [0.2, 0.25) is 0 Å². The molecule has 0 spiro atoms. The molecule has 4 amide bonds. The summed E-state index contributed by atoms with van der Waals surface area (Å²) >= 11 is 0. The summed E-state index contributed by atoms with van der Waals surface area (Å²) in [7, 11) is -3.44. The van der Waals surface area contributed by atoms with E-state index in [2.05, 4.69) is 0 Å². The second kappa shape index (κ2) is 8.43. The van der Waals surface area contributed by atoms with E-state index in [-0.39, 0.29) is 5.56 Å². The maximum absolute atomic E-state index is 12.9. The first-order chi connectivity index (χ1) is 15.6. The molecule has 33 heavy (non-hydrogen) atoms. The van der Waals surface area contributed by atoms with Gasteiger partial charge in [0.05, 0.1) is 24.5 Å². The Kier molecular flexibility index (Phi) is 5.79. The molecule has 0 aromatic heterocycles. The number of ketones is 1. The van der Waals surface area contributed by atoms with Crippen LogP contribution >= 0.6 is 0 Å². The van der Waals surface area contributed by atoms with Crippen LogP contribution in [0.25, 0.3) is 0 Å². The summed E-state index contributed by atoms with van der Waals surface area (Å²) in [5, 5.41) is 0. The van der Waals surface area contributed by atoms with E-state index in [0.717, 1.165) is 11.2 Å². The van der Waals surface area contributed by atoms with Gasteiger partial charge in [-0.25, -0.2) is 23.0 Å². The van der Waals surface area contributed by atoms with E-state index < -0.39 is 46.2 Å². The van der Waals surface area contributed by atoms with Gasteiger partial charge in [0.15, 0.2) is 5.78 Å². The van der Waals surface area contributed by atoms with Gasteiger partial charge in [-0.1, -0.05) is 30.3 Å². The molecule has 2 aliphatic heterocycles. The molecule has 1 saturated heterocycles. The zero-order chi connectivity index (χ0) is 23.9. The van der Waals surface area contributed by atoms with Crippen LogP contribution in [-0.4, -0.2) is 61.2 Å². The number of rotatable bonds is 6. The number of carbonyl (C=O) groups excluding carboxylic acids is 4. The van der Waals surface area contributed by atoms with E-state index in [4.69, 9.17) is 0 Å². The minimum Gasteiger partial charge on any atom is -0.292 e. The van der Waals surface area contributed by atoms with Gasteiger partial charge in [0.1, 0.15) is 0 Å². The molecule has 1 unspecified atom stereocenters. The minimum atomic E-state index is -3.44. The van der Waals surface area contributed by atoms with Gasteiger partial charge in [-0.2, -0.15) is 0 Å². The number of hydrogen-bond acceptors (Lipinski definition) is 6. The summed E-state index contributed by atoms with van der Waals surface area (Å²) in [6.07, 6.45) is 2.34. The van der Waals surface area contributed by atoms with Crippen molar-refractivity contribution in [2.24, 2.45) is 0 Å². The second-order valence-electron chi connectivity index (χ2n) is 8.14. The molecule has 0 N–H and O–H groups in total. The molecule has 4 rings (SSSR count). The molecule has 2 aromatic rings. The number of carbonyl (C=O) groups is 4. The molecule has 2 heterocycles. The zero-order valence-corrected chi connectivity index (χ0v) is 19.0. The van der Waals surface area contributed by atoms with Crippen molar-refractivity contribution in [2.75, 3.05) is 23.7 Å². The zero-order valence-electron chi connectivity index (χ0n) is 18.2. The topological polar surface area (TPSA) is 112 Å². The normalized spacial score (nSPS) is 17.4. The Labute approximate surface area is 191 Å². The Bertz CT molecular complexity index is 1260. The molecule has 2 aromatic carbocycles. The van der Waals surface area contributed by atoms with Crippen molar-refractivity contribution in [1.29, 1.82) is 0 Å². The van der Waals surface area contributed by atoms with Crippen molar-refractivity contribution in [3.05, 3.63) is 65.2 Å². The molecule has 10 heteroatoms. The number of nitrogens with zero attached hydrogens (tertiary/aromatic N) is 3. The fraction of sp³-hybridized carbons (Fsp3) is 0.304. The molecular weight excluding hydrogens is 446 g/mol. The highest BCUT2D eigenvalue weighted by atomic mass is 32.2. The maximum atomic E-state index is 12.9. The molecule has 1 atom stereocenters. The Balaban J connectivity index is 1.55. The average Bonchev–Trinajstić information content (AvgIpc) is 3.00. The lowest BCUT2D eigenvalue weighted by Crippen LogP contribution is -2.38. The van der Waals surface area contributed by atoms with Crippen molar-refractivity contribution < 1.29 is 27.6 Å². The standard InChI is InChI=1S/C23H23N3O6S/c1-15(16-7-4-3-5-8-16)26-22(29)21(28)24(23(26)30)14-20(27)18-10-11-19-17(13-18)9-6-12-25(19)33(2,31)32/h3-5,7-8,10-11,13,15H,6,9,12,14H2,1-2H3. The number of sulfonamides is 1. The summed E-state index contributed by atoms with van der Waals surface area (Å²) in [5.41, 5.74) is 2.15. The Morgan fingerprint density at radius 2 is 1.73 bits per heavy atom. The van der Waals surface area contributed by atoms with Crippen molar-refractivity contribution in [1.82, 2.24) is 9.80 Å². The van der Waals surface area contributed by atoms with Crippen LogP contribution in [-0.2, 0) is 26.0 Å². The van der Waals surface area contributed by atoms with Crippen molar-refractivity contribution in [3.8, 4) is 0 Å². The third-order valence-electron chi connectivity index (χ3n) is 5.93. The average molecular weight is 470 g/mol. The Hall–Kier alpha value is -3.53. The lowest BCUT2D eigenvalue weighted by Gasteiger charge is -2.29. The number of fused-ring (bicyclic) bond motifs is 1. The van der Waals surface area contributed by atoms with Crippen molar-refractivity contribution >= 4 is 39.3 Å². The monoisotopic (exact) mass is 469 g/mol. The van der Waals surface area contributed by atoms with Crippen molar-refractivity contribution in [3.63, 3.8) is 0 Å². The van der Waals surface area contributed by atoms with Crippen LogP contribution < -0.4 is 4.31 Å². The lowest BCUT2D eigenvalue weighted by atomic mass is 9.99. The SMILES string of the molecule is CC(c1ccccc1)N1C(=O)C(=O)N(CC(=O)c2ccc3c(c2)CCCN3S(C)(=O)=O)C1=O. The van der Waals surface area contributed by atoms with Crippen LogP contribution in [0.15, 0.2) is 48.5 Å². The smallest absolute Gasteiger partial charge is 0.292 e. The number of anilines is 1. The predicted molar refractivity (Wildman–Crippen MR) is 120 cm³/mol.